The maximum Gasteiger partial charge on any atom is 0.195 e. The zero-order valence-corrected chi connectivity index (χ0v) is 17.8. The summed E-state index contributed by atoms with van der Waals surface area (Å²) in [6.45, 7) is 6.44. The van der Waals surface area contributed by atoms with Crippen molar-refractivity contribution in [1.82, 2.24) is 5.32 Å². The molecule has 1 aromatic carbocycles. The Hall–Kier alpha value is -1.18. The van der Waals surface area contributed by atoms with Crippen molar-refractivity contribution in [1.29, 1.82) is 0 Å². The van der Waals surface area contributed by atoms with Gasteiger partial charge in [-0.15, -0.1) is 24.0 Å². The SMILES string of the molecule is CCNC(=NCC1(C2CC2)CC1)Nc1ccc(OC)c(OCC)c1.I. The number of methoxy groups -OCH3 is 1. The van der Waals surface area contributed by atoms with Gasteiger partial charge < -0.3 is 20.1 Å². The quantitative estimate of drug-likeness (QED) is 0.346. The molecule has 0 unspecified atom stereocenters. The molecule has 3 rings (SSSR count). The second kappa shape index (κ2) is 8.96. The minimum atomic E-state index is 0. The van der Waals surface area contributed by atoms with Gasteiger partial charge in [0.1, 0.15) is 0 Å². The first-order valence-electron chi connectivity index (χ1n) is 9.07. The van der Waals surface area contributed by atoms with Crippen molar-refractivity contribution in [3.63, 3.8) is 0 Å². The Kier molecular flexibility index (Phi) is 7.22. The van der Waals surface area contributed by atoms with Crippen molar-refractivity contribution < 1.29 is 9.47 Å². The van der Waals surface area contributed by atoms with Crippen LogP contribution in [-0.4, -0.2) is 32.8 Å². The van der Waals surface area contributed by atoms with E-state index in [1.165, 1.54) is 25.7 Å². The lowest BCUT2D eigenvalue weighted by molar-refractivity contribution is 0.311. The van der Waals surface area contributed by atoms with E-state index in [1.54, 1.807) is 7.11 Å². The Morgan fingerprint density at radius 3 is 2.56 bits per heavy atom. The summed E-state index contributed by atoms with van der Waals surface area (Å²) < 4.78 is 11.0. The maximum absolute atomic E-state index is 5.65. The largest absolute Gasteiger partial charge is 0.493 e. The fourth-order valence-electron chi connectivity index (χ4n) is 3.25. The number of guanidine groups is 1. The van der Waals surface area contributed by atoms with Crippen LogP contribution in [0.15, 0.2) is 23.2 Å². The fourth-order valence-corrected chi connectivity index (χ4v) is 3.25. The molecule has 2 aliphatic rings. The van der Waals surface area contributed by atoms with E-state index in [0.717, 1.165) is 42.2 Å². The summed E-state index contributed by atoms with van der Waals surface area (Å²) in [6.07, 6.45) is 5.49. The number of hydrogen-bond donors (Lipinski definition) is 2. The van der Waals surface area contributed by atoms with Crippen LogP contribution in [0.3, 0.4) is 0 Å². The molecule has 2 fully saturated rings. The van der Waals surface area contributed by atoms with Gasteiger partial charge in [0, 0.05) is 24.8 Å². The molecule has 140 valence electrons. The third kappa shape index (κ3) is 5.15. The van der Waals surface area contributed by atoms with Gasteiger partial charge in [-0.2, -0.15) is 0 Å². The summed E-state index contributed by atoms with van der Waals surface area (Å²) in [6, 6.07) is 5.87. The van der Waals surface area contributed by atoms with Crippen LogP contribution in [0.2, 0.25) is 0 Å². The molecule has 0 aromatic heterocycles. The van der Waals surface area contributed by atoms with Gasteiger partial charge in [-0.1, -0.05) is 0 Å². The van der Waals surface area contributed by atoms with Crippen molar-refractivity contribution in [2.75, 3.05) is 32.1 Å². The highest BCUT2D eigenvalue weighted by Gasteiger charge is 2.53. The number of rotatable bonds is 8. The van der Waals surface area contributed by atoms with Crippen LogP contribution in [0, 0.1) is 11.3 Å². The van der Waals surface area contributed by atoms with E-state index >= 15 is 0 Å². The molecule has 0 bridgehead atoms. The summed E-state index contributed by atoms with van der Waals surface area (Å²) in [5.41, 5.74) is 1.47. The average Bonchev–Trinajstić information content (AvgIpc) is 3.47. The van der Waals surface area contributed by atoms with Crippen LogP contribution in [-0.2, 0) is 0 Å². The first-order chi connectivity index (χ1) is 11.7. The molecule has 0 radical (unpaired) electrons. The van der Waals surface area contributed by atoms with Gasteiger partial charge in [0.15, 0.2) is 17.5 Å². The highest BCUT2D eigenvalue weighted by Crippen LogP contribution is 2.61. The van der Waals surface area contributed by atoms with Crippen molar-refractivity contribution in [3.8, 4) is 11.5 Å². The summed E-state index contributed by atoms with van der Waals surface area (Å²) in [5, 5.41) is 6.73. The van der Waals surface area contributed by atoms with Crippen LogP contribution in [0.25, 0.3) is 0 Å². The van der Waals surface area contributed by atoms with E-state index in [2.05, 4.69) is 17.6 Å². The van der Waals surface area contributed by atoms with Gasteiger partial charge in [-0.3, -0.25) is 4.99 Å². The molecule has 0 saturated heterocycles. The zero-order valence-electron chi connectivity index (χ0n) is 15.4. The predicted octanol–water partition coefficient (Wildman–Crippen LogP) is 4.28. The lowest BCUT2D eigenvalue weighted by atomic mass is 10.0. The van der Waals surface area contributed by atoms with E-state index in [-0.39, 0.29) is 24.0 Å². The highest BCUT2D eigenvalue weighted by atomic mass is 127. The van der Waals surface area contributed by atoms with E-state index in [4.69, 9.17) is 14.5 Å². The summed E-state index contributed by atoms with van der Waals surface area (Å²) in [4.78, 5) is 4.84. The second-order valence-corrected chi connectivity index (χ2v) is 6.76. The number of hydrogen-bond acceptors (Lipinski definition) is 3. The number of nitrogens with one attached hydrogen (secondary N) is 2. The Bertz CT molecular complexity index is 598. The first-order valence-corrected chi connectivity index (χ1v) is 9.07. The molecule has 6 heteroatoms. The van der Waals surface area contributed by atoms with E-state index < -0.39 is 0 Å². The van der Waals surface area contributed by atoms with Crippen molar-refractivity contribution in [2.24, 2.45) is 16.3 Å². The highest BCUT2D eigenvalue weighted by molar-refractivity contribution is 14.0. The number of halogens is 1. The van der Waals surface area contributed by atoms with E-state index in [0.29, 0.717) is 12.0 Å². The average molecular weight is 459 g/mol. The van der Waals surface area contributed by atoms with Gasteiger partial charge >= 0.3 is 0 Å². The molecule has 0 spiro atoms. The summed E-state index contributed by atoms with van der Waals surface area (Å²) in [5.74, 6) is 3.26. The van der Waals surface area contributed by atoms with Crippen molar-refractivity contribution in [3.05, 3.63) is 18.2 Å². The molecule has 0 atom stereocenters. The molecular formula is C19H30IN3O2. The normalized spacial score (nSPS) is 18.1. The van der Waals surface area contributed by atoms with Crippen LogP contribution in [0.5, 0.6) is 11.5 Å². The van der Waals surface area contributed by atoms with Crippen LogP contribution in [0.4, 0.5) is 5.69 Å². The topological polar surface area (TPSA) is 54.9 Å². The number of anilines is 1. The third-order valence-electron chi connectivity index (χ3n) is 4.96. The lowest BCUT2D eigenvalue weighted by Gasteiger charge is -2.16. The minimum Gasteiger partial charge on any atom is -0.493 e. The number of aliphatic imine (C=N–C) groups is 1. The van der Waals surface area contributed by atoms with E-state index in [1.807, 2.05) is 25.1 Å². The Morgan fingerprint density at radius 2 is 2.00 bits per heavy atom. The first kappa shape index (κ1) is 20.1. The Morgan fingerprint density at radius 1 is 1.24 bits per heavy atom. The maximum atomic E-state index is 5.65. The molecule has 25 heavy (non-hydrogen) atoms. The predicted molar refractivity (Wildman–Crippen MR) is 114 cm³/mol. The molecular weight excluding hydrogens is 429 g/mol. The molecule has 0 aliphatic heterocycles. The Labute approximate surface area is 168 Å². The molecule has 0 heterocycles. The van der Waals surface area contributed by atoms with Crippen molar-refractivity contribution >= 4 is 35.6 Å². The fraction of sp³-hybridized carbons (Fsp3) is 0.632. The minimum absolute atomic E-state index is 0. The van der Waals surface area contributed by atoms with E-state index in [9.17, 15) is 0 Å². The zero-order chi connectivity index (χ0) is 17.0. The van der Waals surface area contributed by atoms with Gasteiger partial charge in [0.25, 0.3) is 0 Å². The van der Waals surface area contributed by atoms with Crippen molar-refractivity contribution in [2.45, 2.75) is 39.5 Å². The summed E-state index contributed by atoms with van der Waals surface area (Å²) in [7, 11) is 1.66. The standard InChI is InChI=1S/C19H29N3O2.HI/c1-4-20-18(21-13-19(10-11-19)14-6-7-14)22-15-8-9-16(23-3)17(12-15)24-5-2;/h8-9,12,14H,4-7,10-11,13H2,1-3H3,(H2,20,21,22);1H. The monoisotopic (exact) mass is 459 g/mol. The van der Waals surface area contributed by atoms with Crippen LogP contribution >= 0.6 is 24.0 Å². The lowest BCUT2D eigenvalue weighted by Crippen LogP contribution is -2.31. The molecule has 2 saturated carbocycles. The van der Waals surface area contributed by atoms with Crippen LogP contribution in [0.1, 0.15) is 39.5 Å². The number of benzene rings is 1. The number of nitrogens with zero attached hydrogens (tertiary/aromatic N) is 1. The molecule has 2 aliphatic carbocycles. The van der Waals surface area contributed by atoms with Gasteiger partial charge in [-0.05, 0) is 63.0 Å². The second-order valence-electron chi connectivity index (χ2n) is 6.76. The smallest absolute Gasteiger partial charge is 0.195 e. The molecule has 0 amide bonds. The Balaban J connectivity index is 0.00000225. The third-order valence-corrected chi connectivity index (χ3v) is 4.96. The molecule has 5 nitrogen and oxygen atoms in total. The van der Waals surface area contributed by atoms with Crippen LogP contribution < -0.4 is 20.1 Å². The van der Waals surface area contributed by atoms with Gasteiger partial charge in [0.05, 0.1) is 13.7 Å². The number of ether oxygens (including phenoxy) is 2. The summed E-state index contributed by atoms with van der Waals surface area (Å²) >= 11 is 0. The molecule has 1 aromatic rings. The van der Waals surface area contributed by atoms with Gasteiger partial charge in [0.2, 0.25) is 0 Å². The van der Waals surface area contributed by atoms with Gasteiger partial charge in [-0.25, -0.2) is 0 Å². The molecule has 2 N–H and O–H groups in total.